The van der Waals surface area contributed by atoms with Gasteiger partial charge < -0.3 is 0 Å². The van der Waals surface area contributed by atoms with E-state index < -0.39 is 28.3 Å². The number of amides is 1. The summed E-state index contributed by atoms with van der Waals surface area (Å²) in [7, 11) is -4.66. The molecule has 9 heteroatoms. The van der Waals surface area contributed by atoms with Gasteiger partial charge in [-0.1, -0.05) is 35.4 Å². The third-order valence-electron chi connectivity index (χ3n) is 2.59. The molecule has 1 fully saturated rings. The molecule has 1 aromatic rings. The van der Waals surface area contributed by atoms with Crippen LogP contribution in [-0.4, -0.2) is 29.2 Å². The van der Waals surface area contributed by atoms with Gasteiger partial charge in [-0.2, -0.15) is 8.42 Å². The molecule has 1 N–H and O–H groups in total. The smallest absolute Gasteiger partial charge is 0.273 e. The molecule has 8 nitrogen and oxygen atoms in total. The highest BCUT2D eigenvalue weighted by Crippen LogP contribution is 2.38. The Morgan fingerprint density at radius 1 is 1.33 bits per heavy atom. The van der Waals surface area contributed by atoms with Crippen molar-refractivity contribution < 1.29 is 17.8 Å². The van der Waals surface area contributed by atoms with Crippen molar-refractivity contribution in [1.82, 2.24) is 4.31 Å². The van der Waals surface area contributed by atoms with Crippen LogP contribution in [0.15, 0.2) is 35.4 Å². The van der Waals surface area contributed by atoms with Crippen LogP contribution in [-0.2, 0) is 15.1 Å². The van der Waals surface area contributed by atoms with E-state index in [9.17, 15) is 13.2 Å². The number of rotatable bonds is 3. The maximum absolute atomic E-state index is 11.5. The lowest BCUT2D eigenvalue weighted by Crippen LogP contribution is -2.59. The van der Waals surface area contributed by atoms with Gasteiger partial charge in [-0.05, 0) is 11.1 Å². The number of nitrogens with zero attached hydrogens (tertiary/aromatic N) is 4. The molecule has 1 aliphatic heterocycles. The van der Waals surface area contributed by atoms with Crippen LogP contribution in [0.25, 0.3) is 10.4 Å². The molecule has 1 heterocycles. The van der Waals surface area contributed by atoms with Crippen LogP contribution in [0, 0.1) is 0 Å². The van der Waals surface area contributed by atoms with E-state index in [2.05, 4.69) is 10.0 Å². The number of β-lactam (4-membered cyclic amide) rings is 1. The Kier molecular flexibility index (Phi) is 2.95. The molecule has 1 saturated heterocycles. The van der Waals surface area contributed by atoms with Crippen LogP contribution in [0.2, 0.25) is 0 Å². The van der Waals surface area contributed by atoms with E-state index in [-0.39, 0.29) is 0 Å². The predicted molar refractivity (Wildman–Crippen MR) is 60.5 cm³/mol. The van der Waals surface area contributed by atoms with Gasteiger partial charge in [0.2, 0.25) is 5.91 Å². The first-order valence-corrected chi connectivity index (χ1v) is 6.26. The Balaban J connectivity index is 2.46. The van der Waals surface area contributed by atoms with Crippen LogP contribution in [0.5, 0.6) is 0 Å². The zero-order valence-corrected chi connectivity index (χ0v) is 9.73. The Bertz CT molecular complexity index is 623. The van der Waals surface area contributed by atoms with Crippen molar-refractivity contribution in [2.45, 2.75) is 12.1 Å². The van der Waals surface area contributed by atoms with E-state index in [1.807, 2.05) is 0 Å². The van der Waals surface area contributed by atoms with Gasteiger partial charge in [0.15, 0.2) is 0 Å². The molecule has 0 aromatic heterocycles. The number of hydrogen-bond acceptors (Lipinski definition) is 4. The lowest BCUT2D eigenvalue weighted by molar-refractivity contribution is -0.141. The van der Waals surface area contributed by atoms with Gasteiger partial charge in [-0.3, -0.25) is 9.35 Å². The second kappa shape index (κ2) is 4.30. The minimum absolute atomic E-state index is 0.307. The topological polar surface area (TPSA) is 123 Å². The van der Waals surface area contributed by atoms with Gasteiger partial charge in [-0.15, -0.1) is 0 Å². The Morgan fingerprint density at radius 3 is 2.44 bits per heavy atom. The molecule has 0 aliphatic carbocycles. The third-order valence-corrected chi connectivity index (χ3v) is 3.49. The fourth-order valence-corrected chi connectivity index (χ4v) is 2.70. The highest BCUT2D eigenvalue weighted by Gasteiger charge is 2.53. The van der Waals surface area contributed by atoms with Crippen LogP contribution < -0.4 is 0 Å². The van der Waals surface area contributed by atoms with Gasteiger partial charge in [-0.25, -0.2) is 4.31 Å². The number of hydrogen-bond donors (Lipinski definition) is 1. The zero-order valence-electron chi connectivity index (χ0n) is 8.91. The van der Waals surface area contributed by atoms with E-state index >= 15 is 0 Å². The van der Waals surface area contributed by atoms with Crippen LogP contribution in [0.3, 0.4) is 0 Å². The van der Waals surface area contributed by atoms with Gasteiger partial charge in [0.1, 0.15) is 6.04 Å². The number of carbonyl (C=O) groups excluding carboxylic acids is 1. The van der Waals surface area contributed by atoms with Crippen molar-refractivity contribution in [1.29, 1.82) is 0 Å². The molecular weight excluding hydrogens is 260 g/mol. The van der Waals surface area contributed by atoms with Gasteiger partial charge in [0.25, 0.3) is 0 Å². The molecule has 1 aliphatic rings. The third kappa shape index (κ3) is 1.90. The summed E-state index contributed by atoms with van der Waals surface area (Å²) in [5.74, 6) is -0.941. The molecule has 2 rings (SSSR count). The summed E-state index contributed by atoms with van der Waals surface area (Å²) in [4.78, 5) is 14.0. The van der Waals surface area contributed by atoms with Crippen LogP contribution in [0.1, 0.15) is 11.6 Å². The first kappa shape index (κ1) is 12.4. The van der Waals surface area contributed by atoms with E-state index in [4.69, 9.17) is 10.1 Å². The maximum atomic E-state index is 11.5. The summed E-state index contributed by atoms with van der Waals surface area (Å²) in [6.45, 7) is 0. The maximum Gasteiger partial charge on any atom is 0.362 e. The standard InChI is InChI=1S/C9H8N4O4S/c10-12-11-7-8(6-4-2-1-3-5-6)13(9(7)14)18(15,16)17/h1-5,7-8H,(H,15,16,17)/t7-,8+/m1/s1. The van der Waals surface area contributed by atoms with Crippen LogP contribution >= 0.6 is 0 Å². The number of benzene rings is 1. The lowest BCUT2D eigenvalue weighted by Gasteiger charge is -2.42. The second-order valence-corrected chi connectivity index (χ2v) is 4.91. The summed E-state index contributed by atoms with van der Waals surface area (Å²) in [5.41, 5.74) is 8.81. The molecule has 2 atom stereocenters. The van der Waals surface area contributed by atoms with E-state index in [0.29, 0.717) is 9.87 Å². The zero-order chi connectivity index (χ0) is 13.3. The molecule has 0 saturated carbocycles. The first-order valence-electron chi connectivity index (χ1n) is 4.86. The molecular formula is C9H8N4O4S. The monoisotopic (exact) mass is 268 g/mol. The average Bonchev–Trinajstić information content (AvgIpc) is 2.32. The summed E-state index contributed by atoms with van der Waals surface area (Å²) < 4.78 is 31.4. The average molecular weight is 268 g/mol. The van der Waals surface area contributed by atoms with Gasteiger partial charge in [0.05, 0.1) is 6.04 Å². The van der Waals surface area contributed by atoms with Crippen molar-refractivity contribution in [3.05, 3.63) is 46.3 Å². The molecule has 0 radical (unpaired) electrons. The number of carbonyl (C=O) groups is 1. The van der Waals surface area contributed by atoms with Crippen LogP contribution in [0.4, 0.5) is 0 Å². The van der Waals surface area contributed by atoms with Crippen molar-refractivity contribution in [2.75, 3.05) is 0 Å². The molecule has 0 bridgehead atoms. The van der Waals surface area contributed by atoms with Crippen molar-refractivity contribution >= 4 is 16.2 Å². The minimum atomic E-state index is -4.66. The predicted octanol–water partition coefficient (Wildman–Crippen LogP) is 1.05. The molecule has 0 unspecified atom stereocenters. The molecule has 0 spiro atoms. The van der Waals surface area contributed by atoms with Gasteiger partial charge in [0, 0.05) is 4.91 Å². The fraction of sp³-hybridized carbons (Fsp3) is 0.222. The normalized spacial score (nSPS) is 23.2. The largest absolute Gasteiger partial charge is 0.362 e. The van der Waals surface area contributed by atoms with E-state index in [1.54, 1.807) is 30.3 Å². The number of azide groups is 1. The summed E-state index contributed by atoms with van der Waals surface area (Å²) >= 11 is 0. The van der Waals surface area contributed by atoms with Crippen molar-refractivity contribution in [3.8, 4) is 0 Å². The Morgan fingerprint density at radius 2 is 1.94 bits per heavy atom. The first-order chi connectivity index (χ1) is 8.46. The SMILES string of the molecule is [N-]=[N+]=N[C@H]1C(=O)N(S(=O)(=O)O)[C@H]1c1ccccc1. The fourth-order valence-electron chi connectivity index (χ4n) is 1.84. The molecule has 1 aromatic carbocycles. The highest BCUT2D eigenvalue weighted by molar-refractivity contribution is 7.84. The van der Waals surface area contributed by atoms with Gasteiger partial charge >= 0.3 is 10.3 Å². The molecule has 94 valence electrons. The molecule has 18 heavy (non-hydrogen) atoms. The summed E-state index contributed by atoms with van der Waals surface area (Å²) in [6, 6.07) is 6.01. The van der Waals surface area contributed by atoms with E-state index in [0.717, 1.165) is 0 Å². The Hall–Kier alpha value is -2.09. The Labute approximate surface area is 102 Å². The van der Waals surface area contributed by atoms with E-state index in [1.165, 1.54) is 0 Å². The summed E-state index contributed by atoms with van der Waals surface area (Å²) in [5, 5.41) is 3.25. The minimum Gasteiger partial charge on any atom is -0.273 e. The van der Waals surface area contributed by atoms with Crippen molar-refractivity contribution in [3.63, 3.8) is 0 Å². The van der Waals surface area contributed by atoms with Crippen molar-refractivity contribution in [2.24, 2.45) is 5.11 Å². The highest BCUT2D eigenvalue weighted by atomic mass is 32.2. The second-order valence-electron chi connectivity index (χ2n) is 3.62. The quantitative estimate of drug-likeness (QED) is 0.289. The lowest BCUT2D eigenvalue weighted by atomic mass is 9.92. The summed E-state index contributed by atoms with van der Waals surface area (Å²) in [6.07, 6.45) is 0. The molecule has 1 amide bonds.